The molecule has 0 aromatic heterocycles. The minimum Gasteiger partial charge on any atom is -0.491 e. The Bertz CT molecular complexity index is 388. The summed E-state index contributed by atoms with van der Waals surface area (Å²) in [5, 5.41) is 3.50. The number of hydrogen-bond donors (Lipinski definition) is 1. The number of halogens is 1. The van der Waals surface area contributed by atoms with E-state index in [0.29, 0.717) is 13.2 Å². The zero-order chi connectivity index (χ0) is 10.3. The Labute approximate surface area is 96.9 Å². The van der Waals surface area contributed by atoms with Crippen molar-refractivity contribution >= 4 is 15.9 Å². The Hall–Kier alpha value is -0.580. The zero-order valence-electron chi connectivity index (χ0n) is 8.25. The Morgan fingerprint density at radius 1 is 1.33 bits per heavy atom. The molecule has 1 aromatic rings. The summed E-state index contributed by atoms with van der Waals surface area (Å²) in [6, 6.07) is 6.17. The summed E-state index contributed by atoms with van der Waals surface area (Å²) < 4.78 is 12.3. The summed E-state index contributed by atoms with van der Waals surface area (Å²) in [5.74, 6) is 0.961. The molecule has 15 heavy (non-hydrogen) atoms. The Morgan fingerprint density at radius 2 is 2.27 bits per heavy atom. The minimum absolute atomic E-state index is 0.117. The molecule has 80 valence electrons. The highest BCUT2D eigenvalue weighted by molar-refractivity contribution is 9.10. The van der Waals surface area contributed by atoms with Gasteiger partial charge in [-0.25, -0.2) is 0 Å². The van der Waals surface area contributed by atoms with Crippen LogP contribution >= 0.6 is 15.9 Å². The van der Waals surface area contributed by atoms with E-state index in [0.717, 1.165) is 23.4 Å². The molecule has 0 saturated carbocycles. The van der Waals surface area contributed by atoms with Crippen molar-refractivity contribution in [2.75, 3.05) is 26.4 Å². The first kappa shape index (κ1) is 9.63. The standard InChI is InChI=1S/C11H12BrNO2/c12-8-1-2-9-10(5-8)15-7-11(9)6-14-4-3-13-11/h1-2,5,13H,3-4,6-7H2/t11-/m0/s1. The van der Waals surface area contributed by atoms with E-state index in [2.05, 4.69) is 27.3 Å². The van der Waals surface area contributed by atoms with Gasteiger partial charge in [0.25, 0.3) is 0 Å². The first-order chi connectivity index (χ1) is 7.30. The van der Waals surface area contributed by atoms with Gasteiger partial charge in [0.15, 0.2) is 0 Å². The van der Waals surface area contributed by atoms with Crippen LogP contribution in [0.3, 0.4) is 0 Å². The van der Waals surface area contributed by atoms with Gasteiger partial charge in [-0.1, -0.05) is 22.0 Å². The second-order valence-corrected chi connectivity index (χ2v) is 4.91. The topological polar surface area (TPSA) is 30.5 Å². The van der Waals surface area contributed by atoms with Crippen LogP contribution in [0.2, 0.25) is 0 Å². The Morgan fingerprint density at radius 3 is 3.07 bits per heavy atom. The van der Waals surface area contributed by atoms with E-state index in [-0.39, 0.29) is 5.54 Å². The van der Waals surface area contributed by atoms with Gasteiger partial charge < -0.3 is 14.8 Å². The highest BCUT2D eigenvalue weighted by Crippen LogP contribution is 2.39. The molecule has 1 aromatic carbocycles. The highest BCUT2D eigenvalue weighted by Gasteiger charge is 2.42. The monoisotopic (exact) mass is 269 g/mol. The molecule has 0 unspecified atom stereocenters. The van der Waals surface area contributed by atoms with Crippen molar-refractivity contribution in [1.82, 2.24) is 5.32 Å². The molecule has 4 heteroatoms. The number of nitrogens with one attached hydrogen (secondary N) is 1. The van der Waals surface area contributed by atoms with Gasteiger partial charge in [0.1, 0.15) is 17.9 Å². The van der Waals surface area contributed by atoms with E-state index >= 15 is 0 Å². The molecule has 1 saturated heterocycles. The van der Waals surface area contributed by atoms with Crippen LogP contribution < -0.4 is 10.1 Å². The van der Waals surface area contributed by atoms with Gasteiger partial charge >= 0.3 is 0 Å². The largest absolute Gasteiger partial charge is 0.491 e. The quantitative estimate of drug-likeness (QED) is 0.777. The van der Waals surface area contributed by atoms with Crippen molar-refractivity contribution in [1.29, 1.82) is 0 Å². The maximum atomic E-state index is 5.70. The van der Waals surface area contributed by atoms with Crippen molar-refractivity contribution in [2.45, 2.75) is 5.54 Å². The number of fused-ring (bicyclic) bond motifs is 2. The van der Waals surface area contributed by atoms with E-state index in [4.69, 9.17) is 9.47 Å². The smallest absolute Gasteiger partial charge is 0.125 e. The fraction of sp³-hybridized carbons (Fsp3) is 0.455. The molecule has 3 rings (SSSR count). The van der Waals surface area contributed by atoms with Crippen molar-refractivity contribution in [3.8, 4) is 5.75 Å². The second kappa shape index (κ2) is 3.47. The summed E-state index contributed by atoms with van der Waals surface area (Å²) in [5.41, 5.74) is 1.10. The van der Waals surface area contributed by atoms with E-state index < -0.39 is 0 Å². The molecular formula is C11H12BrNO2. The minimum atomic E-state index is -0.117. The molecule has 0 amide bonds. The van der Waals surface area contributed by atoms with Crippen molar-refractivity contribution in [3.63, 3.8) is 0 Å². The van der Waals surface area contributed by atoms with E-state index in [1.165, 1.54) is 5.56 Å². The van der Waals surface area contributed by atoms with Crippen LogP contribution in [0.1, 0.15) is 5.56 Å². The van der Waals surface area contributed by atoms with Gasteiger partial charge in [0.05, 0.1) is 13.2 Å². The molecule has 1 atom stereocenters. The molecule has 1 spiro atoms. The first-order valence-electron chi connectivity index (χ1n) is 5.06. The molecule has 1 fully saturated rings. The number of benzene rings is 1. The third kappa shape index (κ3) is 1.48. The molecule has 2 heterocycles. The molecule has 0 aliphatic carbocycles. The van der Waals surface area contributed by atoms with Crippen LogP contribution in [0.15, 0.2) is 22.7 Å². The lowest BCUT2D eigenvalue weighted by molar-refractivity contribution is 0.0160. The highest BCUT2D eigenvalue weighted by atomic mass is 79.9. The van der Waals surface area contributed by atoms with E-state index in [1.54, 1.807) is 0 Å². The van der Waals surface area contributed by atoms with Crippen molar-refractivity contribution in [3.05, 3.63) is 28.2 Å². The summed E-state index contributed by atoms with van der Waals surface area (Å²) in [6.07, 6.45) is 0. The Balaban J connectivity index is 2.03. The Kier molecular flexibility index (Phi) is 2.23. The molecule has 2 aliphatic rings. The average Bonchev–Trinajstić information content (AvgIpc) is 2.58. The SMILES string of the molecule is Brc1ccc2c(c1)OC[C@@]21COCCN1. The van der Waals surface area contributed by atoms with Crippen LogP contribution in [0.4, 0.5) is 0 Å². The van der Waals surface area contributed by atoms with E-state index in [1.807, 2.05) is 12.1 Å². The van der Waals surface area contributed by atoms with Gasteiger partial charge in [-0.15, -0.1) is 0 Å². The number of rotatable bonds is 0. The van der Waals surface area contributed by atoms with Gasteiger partial charge in [-0.3, -0.25) is 0 Å². The maximum absolute atomic E-state index is 5.70. The van der Waals surface area contributed by atoms with Crippen LogP contribution in [0.5, 0.6) is 5.75 Å². The fourth-order valence-electron chi connectivity index (χ4n) is 2.22. The summed E-state index contributed by atoms with van der Waals surface area (Å²) >= 11 is 3.45. The lowest BCUT2D eigenvalue weighted by atomic mass is 9.92. The van der Waals surface area contributed by atoms with Crippen LogP contribution in [0.25, 0.3) is 0 Å². The number of ether oxygens (including phenoxy) is 2. The normalized spacial score (nSPS) is 28.9. The third-order valence-corrected chi connectivity index (χ3v) is 3.48. The zero-order valence-corrected chi connectivity index (χ0v) is 9.84. The summed E-state index contributed by atoms with van der Waals surface area (Å²) in [6.45, 7) is 3.03. The lowest BCUT2D eigenvalue weighted by Gasteiger charge is -2.33. The third-order valence-electron chi connectivity index (χ3n) is 2.99. The second-order valence-electron chi connectivity index (χ2n) is 3.99. The van der Waals surface area contributed by atoms with Crippen LogP contribution in [-0.4, -0.2) is 26.4 Å². The molecular weight excluding hydrogens is 258 g/mol. The molecule has 3 nitrogen and oxygen atoms in total. The average molecular weight is 270 g/mol. The fourth-order valence-corrected chi connectivity index (χ4v) is 2.56. The molecule has 0 radical (unpaired) electrons. The number of morpholine rings is 1. The molecule has 2 aliphatic heterocycles. The van der Waals surface area contributed by atoms with Gasteiger partial charge in [-0.2, -0.15) is 0 Å². The van der Waals surface area contributed by atoms with Gasteiger partial charge in [-0.05, 0) is 12.1 Å². The van der Waals surface area contributed by atoms with Crippen LogP contribution in [-0.2, 0) is 10.3 Å². The lowest BCUT2D eigenvalue weighted by Crippen LogP contribution is -2.52. The van der Waals surface area contributed by atoms with Gasteiger partial charge in [0, 0.05) is 16.6 Å². The molecule has 0 bridgehead atoms. The van der Waals surface area contributed by atoms with Crippen molar-refractivity contribution < 1.29 is 9.47 Å². The first-order valence-corrected chi connectivity index (χ1v) is 5.85. The van der Waals surface area contributed by atoms with Crippen LogP contribution in [0, 0.1) is 0 Å². The predicted octanol–water partition coefficient (Wildman–Crippen LogP) is 1.66. The summed E-state index contributed by atoms with van der Waals surface area (Å²) in [4.78, 5) is 0. The van der Waals surface area contributed by atoms with Crippen molar-refractivity contribution in [2.24, 2.45) is 0 Å². The summed E-state index contributed by atoms with van der Waals surface area (Å²) in [7, 11) is 0. The van der Waals surface area contributed by atoms with E-state index in [9.17, 15) is 0 Å². The van der Waals surface area contributed by atoms with Gasteiger partial charge in [0.2, 0.25) is 0 Å². The number of hydrogen-bond acceptors (Lipinski definition) is 3. The molecule has 1 N–H and O–H groups in total. The predicted molar refractivity (Wildman–Crippen MR) is 60.1 cm³/mol. The maximum Gasteiger partial charge on any atom is 0.125 e.